The summed E-state index contributed by atoms with van der Waals surface area (Å²) in [6, 6.07) is 12.0. The number of aliphatic hydroxyl groups excluding tert-OH is 2. The first-order valence-corrected chi connectivity index (χ1v) is 22.3. The molecule has 6 atom stereocenters. The number of aryl methyl sites for hydroxylation is 1. The second-order valence-electron chi connectivity index (χ2n) is 15.2. The quantitative estimate of drug-likeness (QED) is 0.0422. The van der Waals surface area contributed by atoms with Gasteiger partial charge in [-0.2, -0.15) is 20.9 Å². The molecule has 322 valence electrons. The Morgan fingerprint density at radius 3 is 2.03 bits per heavy atom. The number of anilines is 1. The minimum atomic E-state index is -4.89. The van der Waals surface area contributed by atoms with E-state index < -0.39 is 51.1 Å². The van der Waals surface area contributed by atoms with Gasteiger partial charge in [-0.15, -0.1) is 0 Å². The molecular formula is C42H60N7O9P. The van der Waals surface area contributed by atoms with Gasteiger partial charge in [0.1, 0.15) is 54.5 Å². The van der Waals surface area contributed by atoms with E-state index >= 15 is 0 Å². The van der Waals surface area contributed by atoms with Crippen molar-refractivity contribution in [2.24, 2.45) is 0 Å². The average Bonchev–Trinajstić information content (AvgIpc) is 3.78. The second kappa shape index (κ2) is 24.2. The first-order chi connectivity index (χ1) is 28.5. The van der Waals surface area contributed by atoms with Gasteiger partial charge in [0.15, 0.2) is 11.6 Å². The summed E-state index contributed by atoms with van der Waals surface area (Å²) in [6.45, 7) is 2.98. The molecule has 59 heavy (non-hydrogen) atoms. The van der Waals surface area contributed by atoms with Crippen molar-refractivity contribution in [1.82, 2.24) is 14.6 Å². The van der Waals surface area contributed by atoms with Crippen LogP contribution in [0.4, 0.5) is 5.82 Å². The molecule has 0 aliphatic carbocycles. The zero-order valence-electron chi connectivity index (χ0n) is 34.3. The lowest BCUT2D eigenvalue weighted by Crippen LogP contribution is -2.41. The van der Waals surface area contributed by atoms with Crippen molar-refractivity contribution in [2.75, 3.05) is 32.2 Å². The van der Waals surface area contributed by atoms with E-state index in [1.165, 1.54) is 93.7 Å². The Balaban J connectivity index is 1.25. The Kier molecular flexibility index (Phi) is 19.5. The molecule has 0 amide bonds. The van der Waals surface area contributed by atoms with E-state index in [9.17, 15) is 35.5 Å². The standard InChI is InChI=1S/C42H60N7O9P/c1-3-4-5-6-7-8-9-10-11-12-13-14-15-16-17-18-21-54-26-34(57-39-32(24-43)22-31(2)23-33(39)25-44)27-55-59(52,53)56-28-36-38(50)40(51)42(29-45,58-36)37-20-19-35-41(46)47-30-48-49(35)37/h19-20,22-23,30,34,36,38,40,50-51H,3-18,21,26-28H2,1-2H3,(H,52,53)(H2,46,47,48)/t34-,36-,38-,40-,42+/m1/s1. The number of nitrogens with zero attached hydrogens (tertiary/aromatic N) is 6. The van der Waals surface area contributed by atoms with Crippen LogP contribution in [0.3, 0.4) is 0 Å². The third-order valence-electron chi connectivity index (χ3n) is 10.5. The third kappa shape index (κ3) is 13.7. The lowest BCUT2D eigenvalue weighted by atomic mass is 9.92. The van der Waals surface area contributed by atoms with Crippen molar-refractivity contribution in [1.29, 1.82) is 15.8 Å². The second-order valence-corrected chi connectivity index (χ2v) is 16.6. The van der Waals surface area contributed by atoms with Gasteiger partial charge >= 0.3 is 7.82 Å². The van der Waals surface area contributed by atoms with Crippen LogP contribution in [0.5, 0.6) is 5.75 Å². The molecule has 0 saturated carbocycles. The molecule has 1 aliphatic rings. The van der Waals surface area contributed by atoms with Gasteiger partial charge in [0.2, 0.25) is 5.60 Å². The van der Waals surface area contributed by atoms with Crippen molar-refractivity contribution in [2.45, 2.75) is 147 Å². The number of aromatic nitrogens is 3. The Bertz CT molecular complexity index is 1910. The number of rotatable bonds is 28. The molecule has 16 nitrogen and oxygen atoms in total. The number of nitrogens with two attached hydrogens (primary N) is 1. The Morgan fingerprint density at radius 2 is 1.47 bits per heavy atom. The Hall–Kier alpha value is -4.14. The van der Waals surface area contributed by atoms with Gasteiger partial charge in [-0.25, -0.2) is 14.1 Å². The van der Waals surface area contributed by atoms with Gasteiger partial charge in [-0.1, -0.05) is 103 Å². The zero-order chi connectivity index (χ0) is 42.7. The fourth-order valence-electron chi connectivity index (χ4n) is 7.25. The molecule has 1 aromatic carbocycles. The first kappa shape index (κ1) is 47.5. The molecule has 17 heteroatoms. The maximum Gasteiger partial charge on any atom is 0.472 e. The molecular weight excluding hydrogens is 777 g/mol. The van der Waals surface area contributed by atoms with Crippen LogP contribution in [0.1, 0.15) is 132 Å². The minimum absolute atomic E-state index is 0.0110. The molecule has 0 spiro atoms. The van der Waals surface area contributed by atoms with Crippen molar-refractivity contribution >= 4 is 19.2 Å². The van der Waals surface area contributed by atoms with Crippen molar-refractivity contribution in [3.8, 4) is 24.0 Å². The maximum atomic E-state index is 13.1. The van der Waals surface area contributed by atoms with Crippen LogP contribution < -0.4 is 10.5 Å². The summed E-state index contributed by atoms with van der Waals surface area (Å²) in [6.07, 6.45) is 15.0. The average molecular weight is 838 g/mol. The number of phosphoric acid groups is 1. The topological polar surface area (TPSA) is 251 Å². The molecule has 0 bridgehead atoms. The summed E-state index contributed by atoms with van der Waals surface area (Å²) in [5.41, 5.74) is 5.02. The van der Waals surface area contributed by atoms with E-state index in [0.29, 0.717) is 17.7 Å². The number of hydrogen-bond acceptors (Lipinski definition) is 14. The van der Waals surface area contributed by atoms with Gasteiger partial charge in [0.25, 0.3) is 0 Å². The van der Waals surface area contributed by atoms with Gasteiger partial charge in [-0.05, 0) is 43.2 Å². The predicted octanol–water partition coefficient (Wildman–Crippen LogP) is 7.06. The summed E-state index contributed by atoms with van der Waals surface area (Å²) < 4.78 is 42.6. The van der Waals surface area contributed by atoms with Crippen LogP contribution in [0, 0.1) is 40.9 Å². The molecule has 5 N–H and O–H groups in total. The van der Waals surface area contributed by atoms with E-state index in [-0.39, 0.29) is 35.0 Å². The molecule has 1 aliphatic heterocycles. The number of aliphatic hydroxyl groups is 2. The minimum Gasteiger partial charge on any atom is -0.483 e. The molecule has 1 saturated heterocycles. The maximum absolute atomic E-state index is 13.1. The number of fused-ring (bicyclic) bond motifs is 1. The van der Waals surface area contributed by atoms with Crippen LogP contribution >= 0.6 is 7.82 Å². The molecule has 0 radical (unpaired) electrons. The summed E-state index contributed by atoms with van der Waals surface area (Å²) >= 11 is 0. The van der Waals surface area contributed by atoms with Gasteiger partial charge < -0.3 is 35.1 Å². The number of phosphoric ester groups is 1. The van der Waals surface area contributed by atoms with E-state index in [1.54, 1.807) is 19.1 Å². The lowest BCUT2D eigenvalue weighted by molar-refractivity contribution is -0.0651. The number of benzene rings is 1. The van der Waals surface area contributed by atoms with Gasteiger partial charge in [0.05, 0.1) is 36.6 Å². The molecule has 2 aromatic heterocycles. The highest BCUT2D eigenvalue weighted by atomic mass is 31.2. The smallest absolute Gasteiger partial charge is 0.472 e. The molecule has 3 heterocycles. The number of unbranched alkanes of at least 4 members (excludes halogenated alkanes) is 15. The summed E-state index contributed by atoms with van der Waals surface area (Å²) in [5, 5.41) is 55.6. The van der Waals surface area contributed by atoms with E-state index in [2.05, 4.69) is 17.0 Å². The third-order valence-corrected chi connectivity index (χ3v) is 11.5. The number of hydrogen-bond donors (Lipinski definition) is 4. The highest BCUT2D eigenvalue weighted by Gasteiger charge is 2.58. The van der Waals surface area contributed by atoms with Crippen LogP contribution in [-0.4, -0.2) is 80.5 Å². The van der Waals surface area contributed by atoms with Gasteiger partial charge in [0, 0.05) is 6.61 Å². The van der Waals surface area contributed by atoms with Crippen molar-refractivity contribution in [3.05, 3.63) is 53.0 Å². The van der Waals surface area contributed by atoms with E-state index in [1.807, 2.05) is 18.2 Å². The Labute approximate surface area is 347 Å². The normalized spacial score (nSPS) is 20.5. The first-order valence-electron chi connectivity index (χ1n) is 20.8. The molecule has 1 unspecified atom stereocenters. The summed E-state index contributed by atoms with van der Waals surface area (Å²) in [7, 11) is -4.89. The molecule has 1 fully saturated rings. The lowest BCUT2D eigenvalue weighted by Gasteiger charge is -2.24. The highest BCUT2D eigenvalue weighted by Crippen LogP contribution is 2.46. The number of ether oxygens (including phenoxy) is 3. The van der Waals surface area contributed by atoms with Crippen LogP contribution in [-0.2, 0) is 28.7 Å². The fraction of sp³-hybridized carbons (Fsp3) is 0.643. The highest BCUT2D eigenvalue weighted by molar-refractivity contribution is 7.47. The van der Waals surface area contributed by atoms with E-state index in [0.717, 1.165) is 32.0 Å². The number of nitriles is 3. The predicted molar refractivity (Wildman–Crippen MR) is 219 cm³/mol. The van der Waals surface area contributed by atoms with Crippen molar-refractivity contribution < 1.29 is 42.9 Å². The fourth-order valence-corrected chi connectivity index (χ4v) is 8.01. The SMILES string of the molecule is CCCCCCCCCCCCCCCCCCOC[C@H](COP(=O)(O)OC[C@H]1O[C@@](C#N)(c2ccc3c(N)ncnn23)[C@H](O)[C@@H]1O)Oc1c(C#N)cc(C)cc1C#N. The largest absolute Gasteiger partial charge is 0.483 e. The Morgan fingerprint density at radius 1 is 0.898 bits per heavy atom. The van der Waals surface area contributed by atoms with Crippen LogP contribution in [0.25, 0.3) is 5.52 Å². The van der Waals surface area contributed by atoms with Crippen LogP contribution in [0.15, 0.2) is 30.6 Å². The monoisotopic (exact) mass is 837 g/mol. The summed E-state index contributed by atoms with van der Waals surface area (Å²) in [4.78, 5) is 14.6. The number of nitrogen functional groups attached to an aromatic ring is 1. The van der Waals surface area contributed by atoms with E-state index in [4.69, 9.17) is 29.0 Å². The molecule has 4 rings (SSSR count). The van der Waals surface area contributed by atoms with Gasteiger partial charge in [-0.3, -0.25) is 9.05 Å². The zero-order valence-corrected chi connectivity index (χ0v) is 35.2. The van der Waals surface area contributed by atoms with Crippen molar-refractivity contribution in [3.63, 3.8) is 0 Å². The summed E-state index contributed by atoms with van der Waals surface area (Å²) in [5.74, 6) is 0.0942. The molecule has 3 aromatic rings. The van der Waals surface area contributed by atoms with Crippen LogP contribution in [0.2, 0.25) is 0 Å².